The summed E-state index contributed by atoms with van der Waals surface area (Å²) in [5, 5.41) is 5.91. The highest BCUT2D eigenvalue weighted by molar-refractivity contribution is 5.90. The van der Waals surface area contributed by atoms with Gasteiger partial charge in [0.25, 0.3) is 0 Å². The van der Waals surface area contributed by atoms with Crippen LogP contribution in [0.15, 0.2) is 12.2 Å². The monoisotopic (exact) mass is 264 g/mol. The van der Waals surface area contributed by atoms with Crippen LogP contribution in [-0.2, 0) is 9.59 Å². The molecule has 19 heavy (non-hydrogen) atoms. The van der Waals surface area contributed by atoms with Crippen molar-refractivity contribution >= 4 is 11.8 Å². The van der Waals surface area contributed by atoms with Gasteiger partial charge in [-0.05, 0) is 46.0 Å². The van der Waals surface area contributed by atoms with Gasteiger partial charge in [-0.25, -0.2) is 0 Å². The molecule has 4 nitrogen and oxygen atoms in total. The molecule has 0 saturated heterocycles. The van der Waals surface area contributed by atoms with E-state index in [4.69, 9.17) is 0 Å². The summed E-state index contributed by atoms with van der Waals surface area (Å²) < 4.78 is 0. The van der Waals surface area contributed by atoms with Crippen molar-refractivity contribution in [2.45, 2.75) is 46.2 Å². The Bertz CT molecular complexity index is 365. The van der Waals surface area contributed by atoms with E-state index in [2.05, 4.69) is 22.8 Å². The molecule has 0 heterocycles. The standard InChI is InChI=1S/C15H24N2O2/c1-8(2)16-14(18)12-10-5-6-11(7-10)13(12)15(19)17-9(3)4/h5-6,8-13H,7H2,1-4H3,(H,16,18)(H,17,19)/t10-,11+,12-,13-/m1/s1. The van der Waals surface area contributed by atoms with Crippen LogP contribution in [0.2, 0.25) is 0 Å². The molecule has 0 unspecified atom stereocenters. The summed E-state index contributed by atoms with van der Waals surface area (Å²) in [5.74, 6) is 0.108. The Morgan fingerprint density at radius 1 is 0.895 bits per heavy atom. The molecule has 0 aromatic rings. The lowest BCUT2D eigenvalue weighted by atomic mass is 9.81. The molecule has 2 amide bonds. The van der Waals surface area contributed by atoms with Gasteiger partial charge in [-0.3, -0.25) is 9.59 Å². The van der Waals surface area contributed by atoms with Gasteiger partial charge in [-0.15, -0.1) is 0 Å². The van der Waals surface area contributed by atoms with Crippen LogP contribution in [-0.4, -0.2) is 23.9 Å². The number of fused-ring (bicyclic) bond motifs is 2. The van der Waals surface area contributed by atoms with Gasteiger partial charge in [0.2, 0.25) is 11.8 Å². The fourth-order valence-corrected chi connectivity index (χ4v) is 3.30. The number of rotatable bonds is 4. The molecule has 4 heteroatoms. The maximum atomic E-state index is 12.3. The third-order valence-corrected chi connectivity index (χ3v) is 3.93. The third kappa shape index (κ3) is 2.82. The van der Waals surface area contributed by atoms with E-state index in [0.29, 0.717) is 0 Å². The van der Waals surface area contributed by atoms with Gasteiger partial charge < -0.3 is 10.6 Å². The van der Waals surface area contributed by atoms with Gasteiger partial charge in [0.1, 0.15) is 0 Å². The summed E-state index contributed by atoms with van der Waals surface area (Å²) in [6.45, 7) is 7.79. The maximum absolute atomic E-state index is 12.3. The van der Waals surface area contributed by atoms with Crippen molar-refractivity contribution in [2.24, 2.45) is 23.7 Å². The molecule has 106 valence electrons. The Kier molecular flexibility index (Phi) is 3.97. The molecule has 0 aromatic heterocycles. The lowest BCUT2D eigenvalue weighted by Crippen LogP contribution is -2.46. The van der Waals surface area contributed by atoms with Crippen LogP contribution in [0.1, 0.15) is 34.1 Å². The molecule has 0 aromatic carbocycles. The number of allylic oxidation sites excluding steroid dienone is 2. The van der Waals surface area contributed by atoms with E-state index in [0.717, 1.165) is 6.42 Å². The fourth-order valence-electron chi connectivity index (χ4n) is 3.30. The molecule has 2 aliphatic carbocycles. The summed E-state index contributed by atoms with van der Waals surface area (Å²) in [6, 6.07) is 0.230. The minimum absolute atomic E-state index is 0.0238. The highest BCUT2D eigenvalue weighted by Gasteiger charge is 2.51. The molecular formula is C15H24N2O2. The molecule has 4 atom stereocenters. The molecule has 0 aliphatic heterocycles. The lowest BCUT2D eigenvalue weighted by molar-refractivity contribution is -0.136. The van der Waals surface area contributed by atoms with E-state index in [1.807, 2.05) is 27.7 Å². The largest absolute Gasteiger partial charge is 0.354 e. The zero-order chi connectivity index (χ0) is 14.2. The van der Waals surface area contributed by atoms with Crippen LogP contribution >= 0.6 is 0 Å². The van der Waals surface area contributed by atoms with Gasteiger partial charge >= 0.3 is 0 Å². The van der Waals surface area contributed by atoms with E-state index in [-0.39, 0.29) is 47.6 Å². The van der Waals surface area contributed by atoms with Gasteiger partial charge in [0.15, 0.2) is 0 Å². The topological polar surface area (TPSA) is 58.2 Å². The normalized spacial score (nSPS) is 32.1. The minimum Gasteiger partial charge on any atom is -0.354 e. The van der Waals surface area contributed by atoms with E-state index < -0.39 is 0 Å². The third-order valence-electron chi connectivity index (χ3n) is 3.93. The minimum atomic E-state index is -0.198. The number of hydrogen-bond acceptors (Lipinski definition) is 2. The van der Waals surface area contributed by atoms with Crippen LogP contribution in [0.25, 0.3) is 0 Å². The van der Waals surface area contributed by atoms with E-state index in [1.165, 1.54) is 0 Å². The molecule has 1 saturated carbocycles. The quantitative estimate of drug-likeness (QED) is 0.756. The van der Waals surface area contributed by atoms with Crippen molar-refractivity contribution in [3.05, 3.63) is 12.2 Å². The molecule has 2 N–H and O–H groups in total. The second-order valence-corrected chi connectivity index (χ2v) is 6.33. The molecule has 2 bridgehead atoms. The SMILES string of the molecule is CC(C)NC(=O)[C@H]1[C@H](C(=O)NC(C)C)[C@H]2C=C[C@@H]1C2. The summed E-state index contributed by atoms with van der Waals surface area (Å²) in [6.07, 6.45) is 5.15. The predicted molar refractivity (Wildman–Crippen MR) is 74.3 cm³/mol. The highest BCUT2D eigenvalue weighted by Crippen LogP contribution is 2.48. The van der Waals surface area contributed by atoms with E-state index in [9.17, 15) is 9.59 Å². The first-order valence-electron chi connectivity index (χ1n) is 7.19. The van der Waals surface area contributed by atoms with Crippen molar-refractivity contribution in [1.29, 1.82) is 0 Å². The molecule has 2 aliphatic rings. The predicted octanol–water partition coefficient (Wildman–Crippen LogP) is 1.47. The van der Waals surface area contributed by atoms with Crippen molar-refractivity contribution in [3.63, 3.8) is 0 Å². The molecule has 2 rings (SSSR count). The first-order chi connectivity index (χ1) is 8.90. The lowest BCUT2D eigenvalue weighted by Gasteiger charge is -2.27. The van der Waals surface area contributed by atoms with Crippen molar-refractivity contribution < 1.29 is 9.59 Å². The Hall–Kier alpha value is -1.32. The second kappa shape index (κ2) is 5.35. The van der Waals surface area contributed by atoms with Crippen molar-refractivity contribution in [2.75, 3.05) is 0 Å². The Labute approximate surface area is 115 Å². The fraction of sp³-hybridized carbons (Fsp3) is 0.733. The van der Waals surface area contributed by atoms with Gasteiger partial charge in [-0.2, -0.15) is 0 Å². The van der Waals surface area contributed by atoms with E-state index in [1.54, 1.807) is 0 Å². The number of nitrogens with one attached hydrogen (secondary N) is 2. The Morgan fingerprint density at radius 2 is 1.26 bits per heavy atom. The van der Waals surface area contributed by atoms with Crippen LogP contribution < -0.4 is 10.6 Å². The smallest absolute Gasteiger partial charge is 0.224 e. The number of hydrogen-bond donors (Lipinski definition) is 2. The average Bonchev–Trinajstić information content (AvgIpc) is 2.85. The Morgan fingerprint density at radius 3 is 1.58 bits per heavy atom. The second-order valence-electron chi connectivity index (χ2n) is 6.33. The van der Waals surface area contributed by atoms with Gasteiger partial charge in [0.05, 0.1) is 11.8 Å². The zero-order valence-corrected chi connectivity index (χ0v) is 12.1. The van der Waals surface area contributed by atoms with Crippen LogP contribution in [0.5, 0.6) is 0 Å². The number of carbonyl (C=O) groups excluding carboxylic acids is 2. The molecular weight excluding hydrogens is 240 g/mol. The Balaban J connectivity index is 2.13. The summed E-state index contributed by atoms with van der Waals surface area (Å²) >= 11 is 0. The van der Waals surface area contributed by atoms with Crippen LogP contribution in [0.3, 0.4) is 0 Å². The molecule has 0 radical (unpaired) electrons. The maximum Gasteiger partial charge on any atom is 0.224 e. The number of carbonyl (C=O) groups is 2. The van der Waals surface area contributed by atoms with Crippen LogP contribution in [0.4, 0.5) is 0 Å². The van der Waals surface area contributed by atoms with E-state index >= 15 is 0 Å². The highest BCUT2D eigenvalue weighted by atomic mass is 16.2. The summed E-state index contributed by atoms with van der Waals surface area (Å²) in [7, 11) is 0. The molecule has 1 fully saturated rings. The van der Waals surface area contributed by atoms with Crippen molar-refractivity contribution in [1.82, 2.24) is 10.6 Å². The summed E-state index contributed by atoms with van der Waals surface area (Å²) in [5.41, 5.74) is 0. The average molecular weight is 264 g/mol. The molecule has 0 spiro atoms. The van der Waals surface area contributed by atoms with Gasteiger partial charge in [0, 0.05) is 12.1 Å². The first kappa shape index (κ1) is 14.1. The van der Waals surface area contributed by atoms with Gasteiger partial charge in [-0.1, -0.05) is 12.2 Å². The van der Waals surface area contributed by atoms with Crippen LogP contribution in [0, 0.1) is 23.7 Å². The van der Waals surface area contributed by atoms with Crippen molar-refractivity contribution in [3.8, 4) is 0 Å². The first-order valence-corrected chi connectivity index (χ1v) is 7.19. The number of amides is 2. The zero-order valence-electron chi connectivity index (χ0n) is 12.1. The summed E-state index contributed by atoms with van der Waals surface area (Å²) in [4.78, 5) is 24.6.